The Morgan fingerprint density at radius 1 is 0.909 bits per heavy atom. The summed E-state index contributed by atoms with van der Waals surface area (Å²) in [6, 6.07) is 0. The van der Waals surface area contributed by atoms with Gasteiger partial charge >= 0.3 is 0 Å². The molecule has 0 saturated heterocycles. The maximum absolute atomic E-state index is 2.46. The summed E-state index contributed by atoms with van der Waals surface area (Å²) in [5.74, 6) is 0. The lowest BCUT2D eigenvalue weighted by Crippen LogP contribution is -2.34. The first kappa shape index (κ1) is 9.09. The van der Waals surface area contributed by atoms with Gasteiger partial charge in [0.2, 0.25) is 0 Å². The highest BCUT2D eigenvalue weighted by Gasteiger charge is 2.37. The zero-order valence-corrected chi connectivity index (χ0v) is 8.54. The molecule has 1 saturated carbocycles. The minimum Gasteiger partial charge on any atom is -0.0597 e. The molecule has 1 aliphatic carbocycles. The van der Waals surface area contributed by atoms with Gasteiger partial charge in [0, 0.05) is 0 Å². The maximum Gasteiger partial charge on any atom is -0.0277 e. The highest BCUT2D eigenvalue weighted by atomic mass is 14.4. The van der Waals surface area contributed by atoms with Crippen molar-refractivity contribution in [1.29, 1.82) is 0 Å². The summed E-state index contributed by atoms with van der Waals surface area (Å²) in [6.45, 7) is 9.63. The Morgan fingerprint density at radius 3 is 1.64 bits per heavy atom. The van der Waals surface area contributed by atoms with Crippen LogP contribution in [-0.4, -0.2) is 0 Å². The van der Waals surface area contributed by atoms with Crippen molar-refractivity contribution in [3.8, 4) is 0 Å². The lowest BCUT2D eigenvalue weighted by atomic mass is 9.61. The van der Waals surface area contributed by atoms with Crippen molar-refractivity contribution >= 4 is 0 Å². The van der Waals surface area contributed by atoms with Gasteiger partial charge < -0.3 is 0 Å². The van der Waals surface area contributed by atoms with Gasteiger partial charge in [0.1, 0.15) is 0 Å². The van der Waals surface area contributed by atoms with E-state index in [2.05, 4.69) is 27.7 Å². The molecule has 0 spiro atoms. The van der Waals surface area contributed by atoms with Crippen molar-refractivity contribution in [3.63, 3.8) is 0 Å². The van der Waals surface area contributed by atoms with Gasteiger partial charge in [-0.25, -0.2) is 0 Å². The summed E-state index contributed by atoms with van der Waals surface area (Å²) in [5.41, 5.74) is 1.12. The van der Waals surface area contributed by atoms with E-state index in [4.69, 9.17) is 0 Å². The second kappa shape index (κ2) is 2.80. The van der Waals surface area contributed by atoms with Crippen molar-refractivity contribution in [3.05, 3.63) is 0 Å². The summed E-state index contributed by atoms with van der Waals surface area (Å²) in [5, 5.41) is 0. The molecule has 1 fully saturated rings. The van der Waals surface area contributed by atoms with E-state index in [1.54, 1.807) is 0 Å². The Hall–Kier alpha value is 0. The third-order valence-corrected chi connectivity index (χ3v) is 3.77. The van der Waals surface area contributed by atoms with Gasteiger partial charge in [0.15, 0.2) is 0 Å². The molecular weight excluding hydrogens is 132 g/mol. The standard InChI is InChI=1S/C11H22/c1-10(2,3)11(4)8-6-5-7-9-11/h5-9H2,1-4H3. The molecule has 1 aliphatic rings. The van der Waals surface area contributed by atoms with Gasteiger partial charge in [-0.1, -0.05) is 47.0 Å². The van der Waals surface area contributed by atoms with E-state index in [1.807, 2.05) is 0 Å². The Balaban J connectivity index is 2.64. The number of hydrogen-bond acceptors (Lipinski definition) is 0. The van der Waals surface area contributed by atoms with Crippen LogP contribution in [-0.2, 0) is 0 Å². The van der Waals surface area contributed by atoms with Gasteiger partial charge in [0.25, 0.3) is 0 Å². The molecule has 66 valence electrons. The third-order valence-electron chi connectivity index (χ3n) is 3.77. The van der Waals surface area contributed by atoms with Crippen LogP contribution in [0, 0.1) is 10.8 Å². The molecule has 0 aromatic carbocycles. The molecule has 0 nitrogen and oxygen atoms in total. The molecule has 0 bridgehead atoms. The van der Waals surface area contributed by atoms with E-state index in [0.29, 0.717) is 10.8 Å². The third kappa shape index (κ3) is 1.77. The zero-order chi connectivity index (χ0) is 8.54. The molecule has 1 rings (SSSR count). The summed E-state index contributed by atoms with van der Waals surface area (Å²) >= 11 is 0. The summed E-state index contributed by atoms with van der Waals surface area (Å²) in [6.07, 6.45) is 7.25. The van der Waals surface area contributed by atoms with Crippen LogP contribution >= 0.6 is 0 Å². The van der Waals surface area contributed by atoms with Crippen LogP contribution in [0.1, 0.15) is 59.8 Å². The molecule has 0 unspecified atom stereocenters. The number of hydrogen-bond donors (Lipinski definition) is 0. The second-order valence-electron chi connectivity index (χ2n) is 5.37. The van der Waals surface area contributed by atoms with E-state index in [9.17, 15) is 0 Å². The molecular formula is C11H22. The minimum absolute atomic E-state index is 0.507. The van der Waals surface area contributed by atoms with Gasteiger partial charge in [-0.3, -0.25) is 0 Å². The monoisotopic (exact) mass is 154 g/mol. The van der Waals surface area contributed by atoms with Crippen LogP contribution in [0.25, 0.3) is 0 Å². The van der Waals surface area contributed by atoms with Crippen LogP contribution in [0.2, 0.25) is 0 Å². The quantitative estimate of drug-likeness (QED) is 0.494. The number of rotatable bonds is 0. The summed E-state index contributed by atoms with van der Waals surface area (Å²) < 4.78 is 0. The van der Waals surface area contributed by atoms with Gasteiger partial charge in [0.05, 0.1) is 0 Å². The fourth-order valence-electron chi connectivity index (χ4n) is 2.08. The smallest absolute Gasteiger partial charge is 0.0277 e. The average molecular weight is 154 g/mol. The van der Waals surface area contributed by atoms with E-state index in [0.717, 1.165) is 0 Å². The first-order valence-electron chi connectivity index (χ1n) is 4.96. The molecule has 0 amide bonds. The lowest BCUT2D eigenvalue weighted by Gasteiger charge is -2.45. The zero-order valence-electron chi connectivity index (χ0n) is 8.54. The van der Waals surface area contributed by atoms with Crippen molar-refractivity contribution in [1.82, 2.24) is 0 Å². The Morgan fingerprint density at radius 2 is 1.36 bits per heavy atom. The van der Waals surface area contributed by atoms with Crippen molar-refractivity contribution in [2.45, 2.75) is 59.8 Å². The van der Waals surface area contributed by atoms with Crippen LogP contribution in [0.4, 0.5) is 0 Å². The van der Waals surface area contributed by atoms with Gasteiger partial charge in [-0.2, -0.15) is 0 Å². The largest absolute Gasteiger partial charge is 0.0597 e. The van der Waals surface area contributed by atoms with Crippen LogP contribution in [0.5, 0.6) is 0 Å². The molecule has 0 radical (unpaired) electrons. The predicted molar refractivity (Wildman–Crippen MR) is 50.6 cm³/mol. The Bertz CT molecular complexity index is 121. The SMILES string of the molecule is CC(C)(C)C1(C)CCCCC1. The molecule has 0 atom stereocenters. The Labute approximate surface area is 71.4 Å². The molecule has 0 aliphatic heterocycles. The molecule has 0 heterocycles. The molecule has 0 heteroatoms. The Kier molecular flexibility index (Phi) is 2.32. The normalized spacial score (nSPS) is 25.1. The van der Waals surface area contributed by atoms with Gasteiger partial charge in [-0.05, 0) is 23.7 Å². The second-order valence-corrected chi connectivity index (χ2v) is 5.37. The van der Waals surface area contributed by atoms with E-state index >= 15 is 0 Å². The minimum atomic E-state index is 0.507. The van der Waals surface area contributed by atoms with Crippen LogP contribution < -0.4 is 0 Å². The topological polar surface area (TPSA) is 0 Å². The lowest BCUT2D eigenvalue weighted by molar-refractivity contribution is 0.0601. The average Bonchev–Trinajstić information content (AvgIpc) is 1.87. The van der Waals surface area contributed by atoms with E-state index in [-0.39, 0.29) is 0 Å². The van der Waals surface area contributed by atoms with Crippen molar-refractivity contribution in [2.75, 3.05) is 0 Å². The highest BCUT2D eigenvalue weighted by molar-refractivity contribution is 4.88. The first-order valence-corrected chi connectivity index (χ1v) is 4.96. The summed E-state index contributed by atoms with van der Waals surface area (Å²) in [7, 11) is 0. The fourth-order valence-corrected chi connectivity index (χ4v) is 2.08. The highest BCUT2D eigenvalue weighted by Crippen LogP contribution is 2.48. The maximum atomic E-state index is 2.46. The van der Waals surface area contributed by atoms with Crippen LogP contribution in [0.3, 0.4) is 0 Å². The summed E-state index contributed by atoms with van der Waals surface area (Å²) in [4.78, 5) is 0. The molecule has 11 heavy (non-hydrogen) atoms. The molecule has 0 aromatic rings. The predicted octanol–water partition coefficient (Wildman–Crippen LogP) is 4.00. The molecule has 0 N–H and O–H groups in total. The molecule has 0 aromatic heterocycles. The van der Waals surface area contributed by atoms with Gasteiger partial charge in [-0.15, -0.1) is 0 Å². The van der Waals surface area contributed by atoms with Crippen LogP contribution in [0.15, 0.2) is 0 Å². The fraction of sp³-hybridized carbons (Fsp3) is 1.00. The van der Waals surface area contributed by atoms with E-state index < -0.39 is 0 Å². The van der Waals surface area contributed by atoms with Crippen molar-refractivity contribution in [2.24, 2.45) is 10.8 Å². The van der Waals surface area contributed by atoms with Crippen molar-refractivity contribution < 1.29 is 0 Å². The van der Waals surface area contributed by atoms with E-state index in [1.165, 1.54) is 32.1 Å². The first-order chi connectivity index (χ1) is 4.96.